The fourth-order valence-corrected chi connectivity index (χ4v) is 4.24. The average Bonchev–Trinajstić information content (AvgIpc) is 3.22. The smallest absolute Gasteiger partial charge is 0.328 e. The van der Waals surface area contributed by atoms with Gasteiger partial charge in [0.15, 0.2) is 0 Å². The molecule has 4 aromatic rings. The van der Waals surface area contributed by atoms with Gasteiger partial charge in [-0.3, -0.25) is 19.8 Å². The molecule has 0 fully saturated rings. The molecule has 0 bridgehead atoms. The van der Waals surface area contributed by atoms with Crippen molar-refractivity contribution in [2.24, 2.45) is 0 Å². The second kappa shape index (κ2) is 11.1. The van der Waals surface area contributed by atoms with Crippen molar-refractivity contribution in [2.45, 2.75) is 33.1 Å². The Kier molecular flexibility index (Phi) is 7.87. The molecule has 1 heterocycles. The molecular formula is C29H29BrN4O4. The van der Waals surface area contributed by atoms with Gasteiger partial charge in [-0.2, -0.15) is 0 Å². The number of nitrogens with zero attached hydrogens (tertiary/aromatic N) is 1. The number of halogens is 1. The molecule has 0 aliphatic carbocycles. The van der Waals surface area contributed by atoms with Crippen molar-refractivity contribution in [3.8, 4) is 5.75 Å². The fourth-order valence-electron chi connectivity index (χ4n) is 3.86. The van der Waals surface area contributed by atoms with Crippen molar-refractivity contribution in [3.63, 3.8) is 0 Å². The van der Waals surface area contributed by atoms with E-state index in [-0.39, 0.29) is 11.1 Å². The summed E-state index contributed by atoms with van der Waals surface area (Å²) in [5, 5.41) is 6.14. The molecule has 196 valence electrons. The molecule has 0 aliphatic heterocycles. The lowest BCUT2D eigenvalue weighted by Crippen LogP contribution is -2.36. The molecule has 0 radical (unpaired) electrons. The van der Waals surface area contributed by atoms with Crippen LogP contribution in [-0.2, 0) is 15.0 Å². The van der Waals surface area contributed by atoms with Gasteiger partial charge in [0.05, 0.1) is 12.1 Å². The van der Waals surface area contributed by atoms with E-state index in [1.165, 1.54) is 4.68 Å². The van der Waals surface area contributed by atoms with Gasteiger partial charge in [-0.1, -0.05) is 48.8 Å². The highest BCUT2D eigenvalue weighted by Crippen LogP contribution is 2.25. The van der Waals surface area contributed by atoms with Gasteiger partial charge in [-0.25, -0.2) is 4.68 Å². The summed E-state index contributed by atoms with van der Waals surface area (Å²) in [7, 11) is 0. The molecule has 8 nitrogen and oxygen atoms in total. The number of benzene rings is 3. The van der Waals surface area contributed by atoms with E-state index in [9.17, 15) is 14.4 Å². The molecular weight excluding hydrogens is 548 g/mol. The van der Waals surface area contributed by atoms with Crippen LogP contribution in [0.25, 0.3) is 10.9 Å². The molecule has 1 aromatic heterocycles. The first-order valence-corrected chi connectivity index (χ1v) is 12.9. The molecule has 3 aromatic carbocycles. The number of nitrogens with one attached hydrogen (secondary N) is 3. The number of fused-ring (bicyclic) bond motifs is 1. The van der Waals surface area contributed by atoms with Crippen molar-refractivity contribution in [1.82, 2.24) is 4.68 Å². The lowest BCUT2D eigenvalue weighted by molar-refractivity contribution is -0.133. The van der Waals surface area contributed by atoms with Crippen LogP contribution in [0.2, 0.25) is 0 Å². The minimum absolute atomic E-state index is 0.0350. The second-order valence-electron chi connectivity index (χ2n) is 9.70. The molecule has 38 heavy (non-hydrogen) atoms. The number of anilines is 2. The molecule has 9 heteroatoms. The Morgan fingerprint density at radius 2 is 1.47 bits per heavy atom. The third-order valence-electron chi connectivity index (χ3n) is 5.85. The molecule has 3 amide bonds. The first-order chi connectivity index (χ1) is 18.0. The second-order valence-corrected chi connectivity index (χ2v) is 10.6. The van der Waals surface area contributed by atoms with E-state index < -0.39 is 17.7 Å². The first-order valence-electron chi connectivity index (χ1n) is 12.1. The predicted octanol–water partition coefficient (Wildman–Crippen LogP) is 6.06. The summed E-state index contributed by atoms with van der Waals surface area (Å²) in [6.45, 7) is 8.72. The van der Waals surface area contributed by atoms with Crippen LogP contribution in [0, 0.1) is 0 Å². The van der Waals surface area contributed by atoms with Crippen molar-refractivity contribution in [3.05, 3.63) is 88.5 Å². The topological polar surface area (TPSA) is 101 Å². The molecule has 0 aliphatic rings. The van der Waals surface area contributed by atoms with Gasteiger partial charge >= 0.3 is 11.8 Å². The first kappa shape index (κ1) is 26.9. The number of aromatic nitrogens is 1. The van der Waals surface area contributed by atoms with Crippen LogP contribution in [0.15, 0.2) is 77.3 Å². The summed E-state index contributed by atoms with van der Waals surface area (Å²) in [6, 6.07) is 21.3. The molecule has 4 rings (SSSR count). The van der Waals surface area contributed by atoms with Gasteiger partial charge in [-0.05, 0) is 78.6 Å². The largest absolute Gasteiger partial charge is 0.494 e. The van der Waals surface area contributed by atoms with Crippen molar-refractivity contribution in [1.29, 1.82) is 0 Å². The molecule has 3 N–H and O–H groups in total. The van der Waals surface area contributed by atoms with E-state index >= 15 is 0 Å². The summed E-state index contributed by atoms with van der Waals surface area (Å²) < 4.78 is 7.57. The van der Waals surface area contributed by atoms with E-state index in [4.69, 9.17) is 4.74 Å². The molecule has 0 saturated heterocycles. The number of carbonyl (C=O) groups is 3. The number of hydrogen-bond acceptors (Lipinski definition) is 4. The average molecular weight is 577 g/mol. The summed E-state index contributed by atoms with van der Waals surface area (Å²) in [5.74, 6) is -1.54. The van der Waals surface area contributed by atoms with Crippen LogP contribution in [0.5, 0.6) is 5.75 Å². The molecule has 0 atom stereocenters. The molecule has 0 saturated carbocycles. The predicted molar refractivity (Wildman–Crippen MR) is 153 cm³/mol. The van der Waals surface area contributed by atoms with Gasteiger partial charge in [0.25, 0.3) is 5.91 Å². The van der Waals surface area contributed by atoms with E-state index in [0.717, 1.165) is 10.0 Å². The molecule has 0 spiro atoms. The summed E-state index contributed by atoms with van der Waals surface area (Å²) in [5.41, 5.74) is 5.40. The highest BCUT2D eigenvalue weighted by atomic mass is 79.9. The quantitative estimate of drug-likeness (QED) is 0.243. The van der Waals surface area contributed by atoms with Crippen LogP contribution in [0.3, 0.4) is 0 Å². The van der Waals surface area contributed by atoms with Gasteiger partial charge in [0.1, 0.15) is 11.4 Å². The normalized spacial score (nSPS) is 11.2. The maximum absolute atomic E-state index is 13.2. The zero-order chi connectivity index (χ0) is 27.4. The minimum atomic E-state index is -0.916. The third-order valence-corrected chi connectivity index (χ3v) is 6.34. The zero-order valence-electron chi connectivity index (χ0n) is 21.6. The van der Waals surface area contributed by atoms with E-state index in [1.54, 1.807) is 54.6 Å². The van der Waals surface area contributed by atoms with Gasteiger partial charge in [0.2, 0.25) is 0 Å². The fraction of sp³-hybridized carbons (Fsp3) is 0.207. The Bertz CT molecular complexity index is 1490. The van der Waals surface area contributed by atoms with E-state index in [2.05, 4.69) is 52.8 Å². The minimum Gasteiger partial charge on any atom is -0.494 e. The Labute approximate surface area is 229 Å². The lowest BCUT2D eigenvalue weighted by atomic mass is 9.87. The highest BCUT2D eigenvalue weighted by Gasteiger charge is 2.22. The maximum Gasteiger partial charge on any atom is 0.328 e. The number of amides is 3. The summed E-state index contributed by atoms with van der Waals surface area (Å²) in [6.07, 6.45) is 0. The van der Waals surface area contributed by atoms with Gasteiger partial charge in [-0.15, -0.1) is 0 Å². The van der Waals surface area contributed by atoms with Gasteiger partial charge < -0.3 is 15.4 Å². The SMILES string of the molecule is CCOc1ccc(NC(=O)c2cc3cc(Br)ccc3n2NC(=O)C(=O)Nc2ccc(C(C)(C)C)cc2)cc1. The third kappa shape index (κ3) is 6.23. The van der Waals surface area contributed by atoms with Crippen molar-refractivity contribution in [2.75, 3.05) is 22.7 Å². The number of hydrogen-bond donors (Lipinski definition) is 3. The van der Waals surface area contributed by atoms with Crippen LogP contribution < -0.4 is 20.8 Å². The summed E-state index contributed by atoms with van der Waals surface area (Å²) >= 11 is 3.43. The number of rotatable bonds is 6. The van der Waals surface area contributed by atoms with E-state index in [1.807, 2.05) is 25.1 Å². The monoisotopic (exact) mass is 576 g/mol. The summed E-state index contributed by atoms with van der Waals surface area (Å²) in [4.78, 5) is 38.8. The number of ether oxygens (including phenoxy) is 1. The number of carbonyl (C=O) groups excluding carboxylic acids is 3. The maximum atomic E-state index is 13.2. The van der Waals surface area contributed by atoms with E-state index in [0.29, 0.717) is 34.6 Å². The Balaban J connectivity index is 1.55. The van der Waals surface area contributed by atoms with Crippen LogP contribution >= 0.6 is 15.9 Å². The highest BCUT2D eigenvalue weighted by molar-refractivity contribution is 9.10. The molecule has 0 unspecified atom stereocenters. The van der Waals surface area contributed by atoms with Gasteiger partial charge in [0, 0.05) is 21.2 Å². The Morgan fingerprint density at radius 3 is 2.11 bits per heavy atom. The zero-order valence-corrected chi connectivity index (χ0v) is 23.2. The van der Waals surface area contributed by atoms with Crippen LogP contribution in [0.1, 0.15) is 43.7 Å². The standard InChI is InChI=1S/C29H29BrN4O4/c1-5-38-23-13-11-22(12-14-23)31-26(35)25-17-18-16-20(30)8-15-24(18)34(25)33-28(37)27(36)32-21-9-6-19(7-10-21)29(2,3)4/h6-17H,5H2,1-4H3,(H,31,35)(H,32,36)(H,33,37). The van der Waals surface area contributed by atoms with Crippen molar-refractivity contribution >= 4 is 55.9 Å². The Morgan fingerprint density at radius 1 is 0.842 bits per heavy atom. The van der Waals surface area contributed by atoms with Crippen LogP contribution in [-0.4, -0.2) is 29.0 Å². The van der Waals surface area contributed by atoms with Crippen LogP contribution in [0.4, 0.5) is 11.4 Å². The van der Waals surface area contributed by atoms with Crippen molar-refractivity contribution < 1.29 is 19.1 Å². The Hall–Kier alpha value is -4.11. The lowest BCUT2D eigenvalue weighted by Gasteiger charge is -2.19.